The number of nitrogens with one attached hydrogen (secondary N) is 2. The van der Waals surface area contributed by atoms with Crippen LogP contribution in [-0.2, 0) is 9.53 Å². The molecule has 0 spiro atoms. The number of non-ortho nitro benzene ring substituents is 1. The average molecular weight is 440 g/mol. The van der Waals surface area contributed by atoms with Crippen molar-refractivity contribution in [3.8, 4) is 0 Å². The van der Waals surface area contributed by atoms with Crippen LogP contribution in [0.25, 0.3) is 6.08 Å². The third-order valence-corrected chi connectivity index (χ3v) is 4.66. The summed E-state index contributed by atoms with van der Waals surface area (Å²) in [6, 6.07) is 12.6. The van der Waals surface area contributed by atoms with Gasteiger partial charge in [0.05, 0.1) is 18.1 Å². The Bertz CT molecular complexity index is 999. The molecule has 0 unspecified atom stereocenters. The Morgan fingerprint density at radius 1 is 1.06 bits per heavy atom. The van der Waals surface area contributed by atoms with Crippen LogP contribution < -0.4 is 10.6 Å². The molecule has 0 radical (unpaired) electrons. The van der Waals surface area contributed by atoms with E-state index >= 15 is 0 Å². The molecule has 2 aromatic carbocycles. The Labute approximate surface area is 183 Å². The summed E-state index contributed by atoms with van der Waals surface area (Å²) in [4.78, 5) is 36.4. The van der Waals surface area contributed by atoms with Crippen LogP contribution in [-0.4, -0.2) is 53.1 Å². The van der Waals surface area contributed by atoms with Gasteiger partial charge in [-0.05, 0) is 60.3 Å². The quantitative estimate of drug-likeness (QED) is 0.318. The third kappa shape index (κ3) is 6.43. The van der Waals surface area contributed by atoms with Crippen LogP contribution >= 0.6 is 12.2 Å². The summed E-state index contributed by atoms with van der Waals surface area (Å²) >= 11 is 5.13. The van der Waals surface area contributed by atoms with Gasteiger partial charge < -0.3 is 15.0 Å². The summed E-state index contributed by atoms with van der Waals surface area (Å²) < 4.78 is 5.25. The number of hydrogen-bond acceptors (Lipinski definition) is 6. The zero-order valence-corrected chi connectivity index (χ0v) is 17.3. The molecule has 2 aromatic rings. The van der Waals surface area contributed by atoms with Crippen molar-refractivity contribution in [2.45, 2.75) is 0 Å². The monoisotopic (exact) mass is 440 g/mol. The highest BCUT2D eigenvalue weighted by molar-refractivity contribution is 7.80. The van der Waals surface area contributed by atoms with Crippen molar-refractivity contribution >= 4 is 46.6 Å². The molecule has 1 heterocycles. The van der Waals surface area contributed by atoms with E-state index in [1.54, 1.807) is 29.2 Å². The Morgan fingerprint density at radius 3 is 2.32 bits per heavy atom. The molecule has 0 bridgehead atoms. The van der Waals surface area contributed by atoms with Crippen LogP contribution in [0.3, 0.4) is 0 Å². The van der Waals surface area contributed by atoms with Gasteiger partial charge >= 0.3 is 0 Å². The molecule has 2 amide bonds. The number of ether oxygens (including phenoxy) is 1. The SMILES string of the molecule is O=C(/C=C/c1ccc([N+](=O)[O-])cc1)NC(=S)Nc1ccc(C(=O)N2CCOCC2)cc1. The lowest BCUT2D eigenvalue weighted by molar-refractivity contribution is -0.384. The van der Waals surface area contributed by atoms with Gasteiger partial charge in [-0.2, -0.15) is 0 Å². The number of carbonyl (C=O) groups excluding carboxylic acids is 2. The third-order valence-electron chi connectivity index (χ3n) is 4.46. The van der Waals surface area contributed by atoms with Crippen molar-refractivity contribution in [1.29, 1.82) is 0 Å². The van der Waals surface area contributed by atoms with E-state index in [1.165, 1.54) is 36.4 Å². The van der Waals surface area contributed by atoms with Gasteiger partial charge in [-0.25, -0.2) is 0 Å². The molecule has 1 aliphatic rings. The minimum Gasteiger partial charge on any atom is -0.378 e. The first kappa shape index (κ1) is 22.1. The fourth-order valence-corrected chi connectivity index (χ4v) is 3.06. The first-order chi connectivity index (χ1) is 14.9. The molecule has 3 rings (SSSR count). The fourth-order valence-electron chi connectivity index (χ4n) is 2.84. The highest BCUT2D eigenvalue weighted by Crippen LogP contribution is 2.14. The van der Waals surface area contributed by atoms with Gasteiger partial charge in [-0.3, -0.25) is 25.0 Å². The van der Waals surface area contributed by atoms with Gasteiger partial charge in [0, 0.05) is 42.5 Å². The van der Waals surface area contributed by atoms with Crippen molar-refractivity contribution in [2.75, 3.05) is 31.6 Å². The topological polar surface area (TPSA) is 114 Å². The molecule has 31 heavy (non-hydrogen) atoms. The van der Waals surface area contributed by atoms with Crippen molar-refractivity contribution < 1.29 is 19.2 Å². The molecule has 160 valence electrons. The second kappa shape index (κ2) is 10.4. The first-order valence-corrected chi connectivity index (χ1v) is 9.85. The maximum absolute atomic E-state index is 12.4. The van der Waals surface area contributed by atoms with Crippen LogP contribution in [0, 0.1) is 10.1 Å². The maximum Gasteiger partial charge on any atom is 0.269 e. The lowest BCUT2D eigenvalue weighted by Crippen LogP contribution is -2.40. The second-order valence-corrected chi connectivity index (χ2v) is 7.02. The number of anilines is 1. The number of rotatable bonds is 5. The number of nitrogens with zero attached hydrogens (tertiary/aromatic N) is 2. The van der Waals surface area contributed by atoms with Gasteiger partial charge in [-0.1, -0.05) is 0 Å². The molecular weight excluding hydrogens is 420 g/mol. The molecule has 10 heteroatoms. The van der Waals surface area contributed by atoms with E-state index in [1.807, 2.05) is 0 Å². The summed E-state index contributed by atoms with van der Waals surface area (Å²) in [7, 11) is 0. The Hall–Kier alpha value is -3.63. The molecule has 0 atom stereocenters. The molecule has 9 nitrogen and oxygen atoms in total. The predicted octanol–water partition coefficient (Wildman–Crippen LogP) is 2.59. The van der Waals surface area contributed by atoms with Gasteiger partial charge in [0.25, 0.3) is 11.6 Å². The lowest BCUT2D eigenvalue weighted by Gasteiger charge is -2.26. The number of morpholine rings is 1. The van der Waals surface area contributed by atoms with Crippen molar-refractivity contribution in [2.24, 2.45) is 0 Å². The van der Waals surface area contributed by atoms with Gasteiger partial charge in [-0.15, -0.1) is 0 Å². The Morgan fingerprint density at radius 2 is 1.71 bits per heavy atom. The van der Waals surface area contributed by atoms with Crippen molar-refractivity contribution in [3.63, 3.8) is 0 Å². The largest absolute Gasteiger partial charge is 0.378 e. The molecule has 0 aliphatic carbocycles. The van der Waals surface area contributed by atoms with Crippen LogP contribution in [0.1, 0.15) is 15.9 Å². The Balaban J connectivity index is 1.49. The normalized spacial score (nSPS) is 13.6. The molecule has 1 saturated heterocycles. The van der Waals surface area contributed by atoms with E-state index in [9.17, 15) is 19.7 Å². The second-order valence-electron chi connectivity index (χ2n) is 6.61. The highest BCUT2D eigenvalue weighted by atomic mass is 32.1. The van der Waals surface area contributed by atoms with Gasteiger partial charge in [0.15, 0.2) is 5.11 Å². The van der Waals surface area contributed by atoms with Crippen LogP contribution in [0.5, 0.6) is 0 Å². The average Bonchev–Trinajstić information content (AvgIpc) is 2.78. The van der Waals surface area contributed by atoms with Crippen LogP contribution in [0.15, 0.2) is 54.6 Å². The fraction of sp³-hybridized carbons (Fsp3) is 0.190. The van der Waals surface area contributed by atoms with E-state index in [-0.39, 0.29) is 16.7 Å². The zero-order chi connectivity index (χ0) is 22.2. The van der Waals surface area contributed by atoms with Gasteiger partial charge in [0.2, 0.25) is 5.91 Å². The van der Waals surface area contributed by atoms with Crippen molar-refractivity contribution in [1.82, 2.24) is 10.2 Å². The molecule has 0 saturated carbocycles. The number of nitro benzene ring substituents is 1. The number of amides is 2. The van der Waals surface area contributed by atoms with Crippen LogP contribution in [0.2, 0.25) is 0 Å². The summed E-state index contributed by atoms with van der Waals surface area (Å²) in [6.07, 6.45) is 2.80. The highest BCUT2D eigenvalue weighted by Gasteiger charge is 2.18. The predicted molar refractivity (Wildman–Crippen MR) is 120 cm³/mol. The van der Waals surface area contributed by atoms with E-state index in [4.69, 9.17) is 17.0 Å². The Kier molecular flexibility index (Phi) is 7.41. The van der Waals surface area contributed by atoms with Crippen LogP contribution in [0.4, 0.5) is 11.4 Å². The minimum atomic E-state index is -0.491. The van der Waals surface area contributed by atoms with Gasteiger partial charge in [0.1, 0.15) is 0 Å². The standard InChI is InChI=1S/C21H20N4O5S/c26-19(10-3-15-1-8-18(9-2-15)25(28)29)23-21(31)22-17-6-4-16(5-7-17)20(27)24-11-13-30-14-12-24/h1-10H,11-14H2,(H2,22,23,26,31)/b10-3+. The maximum atomic E-state index is 12.4. The molecule has 2 N–H and O–H groups in total. The summed E-state index contributed by atoms with van der Waals surface area (Å²) in [6.45, 7) is 2.22. The minimum absolute atomic E-state index is 0.0235. The lowest BCUT2D eigenvalue weighted by atomic mass is 10.1. The van der Waals surface area contributed by atoms with E-state index in [2.05, 4.69) is 10.6 Å². The zero-order valence-electron chi connectivity index (χ0n) is 16.4. The number of benzene rings is 2. The number of nitro groups is 1. The summed E-state index contributed by atoms with van der Waals surface area (Å²) in [5.41, 5.74) is 1.81. The van der Waals surface area contributed by atoms with E-state index in [0.29, 0.717) is 43.1 Å². The molecular formula is C21H20N4O5S. The van der Waals surface area contributed by atoms with E-state index < -0.39 is 10.8 Å². The summed E-state index contributed by atoms with van der Waals surface area (Å²) in [5, 5.41) is 16.2. The van der Waals surface area contributed by atoms with Crippen molar-refractivity contribution in [3.05, 3.63) is 75.8 Å². The molecule has 1 aliphatic heterocycles. The van der Waals surface area contributed by atoms with E-state index in [0.717, 1.165) is 0 Å². The first-order valence-electron chi connectivity index (χ1n) is 9.44. The number of hydrogen-bond donors (Lipinski definition) is 2. The number of thiocarbonyl (C=S) groups is 1. The smallest absolute Gasteiger partial charge is 0.269 e. The summed E-state index contributed by atoms with van der Waals surface area (Å²) in [5.74, 6) is -0.503. The molecule has 0 aromatic heterocycles. The number of carbonyl (C=O) groups is 2. The molecule has 1 fully saturated rings.